The van der Waals surface area contributed by atoms with Gasteiger partial charge in [-0.05, 0) is 81.2 Å². The van der Waals surface area contributed by atoms with Crippen LogP contribution in [0, 0.1) is 0 Å². The third kappa shape index (κ3) is 5.87. The highest BCUT2D eigenvalue weighted by Crippen LogP contribution is 2.37. The van der Waals surface area contributed by atoms with E-state index in [1.165, 1.54) is 0 Å². The summed E-state index contributed by atoms with van der Waals surface area (Å²) in [6.45, 7) is 2.73. The Hall–Kier alpha value is -4.95. The molecule has 0 fully saturated rings. The lowest BCUT2D eigenvalue weighted by Crippen LogP contribution is -2.25. The van der Waals surface area contributed by atoms with Crippen molar-refractivity contribution in [3.8, 4) is 11.5 Å². The summed E-state index contributed by atoms with van der Waals surface area (Å²) in [7, 11) is 0. The normalized spacial score (nSPS) is 11.4. The van der Waals surface area contributed by atoms with Crippen molar-refractivity contribution in [3.63, 3.8) is 0 Å². The van der Waals surface area contributed by atoms with Crippen LogP contribution in [0.25, 0.3) is 32.6 Å². The van der Waals surface area contributed by atoms with Gasteiger partial charge < -0.3 is 14.0 Å². The minimum Gasteiger partial charge on any atom is -0.490 e. The van der Waals surface area contributed by atoms with Gasteiger partial charge in [-0.2, -0.15) is 5.10 Å². The molecule has 6 aromatic rings. The molecule has 0 aliphatic heterocycles. The number of amides is 1. The number of nitrogens with one attached hydrogen (secondary N) is 1. The molecule has 6 rings (SSSR count). The summed E-state index contributed by atoms with van der Waals surface area (Å²) in [5.41, 5.74) is 5.73. The molecule has 0 aliphatic rings. The van der Waals surface area contributed by atoms with Gasteiger partial charge in [0.15, 0.2) is 16.9 Å². The van der Waals surface area contributed by atoms with E-state index in [1.54, 1.807) is 18.3 Å². The molecule has 0 radical (unpaired) electrons. The molecule has 1 N–H and O–H groups in total. The Morgan fingerprint density at radius 2 is 1.51 bits per heavy atom. The number of ether oxygens (including phenoxy) is 2. The van der Waals surface area contributed by atoms with Crippen molar-refractivity contribution in [2.75, 3.05) is 6.61 Å². The van der Waals surface area contributed by atoms with Gasteiger partial charge in [-0.15, -0.1) is 0 Å². The number of fused-ring (bicyclic) bond motifs is 3. The average Bonchev–Trinajstić information content (AvgIpc) is 3.03. The number of pyridine rings is 1. The van der Waals surface area contributed by atoms with E-state index >= 15 is 0 Å². The largest absolute Gasteiger partial charge is 0.490 e. The summed E-state index contributed by atoms with van der Waals surface area (Å²) in [4.78, 5) is 26.0. The SMILES string of the molecule is CCOc1cc(/C=N\NC(=O)Cn2c3ccccc3c(=O)c3ccccc32)cc(Br)c1OCc1cccc2ccccc12. The van der Waals surface area contributed by atoms with Crippen molar-refractivity contribution >= 4 is 60.6 Å². The van der Waals surface area contributed by atoms with Crippen molar-refractivity contribution in [2.45, 2.75) is 20.1 Å². The average molecular weight is 635 g/mol. The molecule has 1 heterocycles. The van der Waals surface area contributed by atoms with Crippen LogP contribution in [0.3, 0.4) is 0 Å². The van der Waals surface area contributed by atoms with Crippen LogP contribution < -0.4 is 20.3 Å². The summed E-state index contributed by atoms with van der Waals surface area (Å²) in [5.74, 6) is 0.832. The first kappa shape index (κ1) is 28.2. The van der Waals surface area contributed by atoms with Crippen LogP contribution in [0.2, 0.25) is 0 Å². The number of hydrazone groups is 1. The number of halogens is 1. The number of benzene rings is 5. The zero-order chi connectivity index (χ0) is 29.8. The summed E-state index contributed by atoms with van der Waals surface area (Å²) < 4.78 is 14.7. The maximum atomic E-state index is 13.0. The van der Waals surface area contributed by atoms with Gasteiger partial charge in [-0.1, -0.05) is 66.7 Å². The number of carbonyl (C=O) groups excluding carboxylic acids is 1. The number of para-hydroxylation sites is 2. The fraction of sp³-hybridized carbons (Fsp3) is 0.114. The highest BCUT2D eigenvalue weighted by molar-refractivity contribution is 9.10. The zero-order valence-electron chi connectivity index (χ0n) is 23.4. The van der Waals surface area contributed by atoms with Crippen LogP contribution in [0.15, 0.2) is 117 Å². The lowest BCUT2D eigenvalue weighted by molar-refractivity contribution is -0.121. The van der Waals surface area contributed by atoms with E-state index in [9.17, 15) is 9.59 Å². The van der Waals surface area contributed by atoms with E-state index in [1.807, 2.05) is 78.2 Å². The summed E-state index contributed by atoms with van der Waals surface area (Å²) in [6, 6.07) is 32.6. The van der Waals surface area contributed by atoms with Crippen LogP contribution in [0.4, 0.5) is 0 Å². The monoisotopic (exact) mass is 633 g/mol. The van der Waals surface area contributed by atoms with Gasteiger partial charge >= 0.3 is 0 Å². The van der Waals surface area contributed by atoms with Crippen molar-refractivity contribution < 1.29 is 14.3 Å². The Balaban J connectivity index is 1.20. The van der Waals surface area contributed by atoms with E-state index in [0.29, 0.717) is 56.6 Å². The second kappa shape index (κ2) is 12.5. The lowest BCUT2D eigenvalue weighted by Gasteiger charge is -2.15. The minimum atomic E-state index is -0.325. The van der Waals surface area contributed by atoms with E-state index in [2.05, 4.69) is 50.7 Å². The standard InChI is InChI=1S/C35H28BrN3O4/c1-2-42-32-19-23(18-29(36)35(32)43-22-25-12-9-11-24-10-3-4-13-26(24)25)20-37-38-33(40)21-39-30-16-7-5-14-27(30)34(41)28-15-6-8-17-31(28)39/h3-20H,2,21-22H2,1H3,(H,38,40)/b37-20-. The molecule has 43 heavy (non-hydrogen) atoms. The molecule has 0 aliphatic carbocycles. The van der Waals surface area contributed by atoms with Crippen LogP contribution >= 0.6 is 15.9 Å². The number of carbonyl (C=O) groups is 1. The molecule has 1 amide bonds. The number of hydrogen-bond donors (Lipinski definition) is 1. The van der Waals surface area contributed by atoms with E-state index in [4.69, 9.17) is 9.47 Å². The van der Waals surface area contributed by atoms with Gasteiger partial charge in [0, 0.05) is 10.8 Å². The smallest absolute Gasteiger partial charge is 0.260 e. The molecule has 7 nitrogen and oxygen atoms in total. The third-order valence-electron chi connectivity index (χ3n) is 7.17. The maximum absolute atomic E-state index is 13.0. The molecular formula is C35H28BrN3O4. The molecule has 8 heteroatoms. The third-order valence-corrected chi connectivity index (χ3v) is 7.76. The highest BCUT2D eigenvalue weighted by atomic mass is 79.9. The van der Waals surface area contributed by atoms with E-state index in [0.717, 1.165) is 16.3 Å². The van der Waals surface area contributed by atoms with Gasteiger partial charge in [-0.25, -0.2) is 5.43 Å². The topological polar surface area (TPSA) is 81.9 Å². The first-order valence-electron chi connectivity index (χ1n) is 13.9. The second-order valence-electron chi connectivity index (χ2n) is 9.93. The quantitative estimate of drug-likeness (QED) is 0.104. The molecule has 0 bridgehead atoms. The molecular weight excluding hydrogens is 606 g/mol. The number of aromatic nitrogens is 1. The molecule has 1 aromatic heterocycles. The van der Waals surface area contributed by atoms with Crippen LogP contribution in [0.5, 0.6) is 11.5 Å². The number of nitrogens with zero attached hydrogens (tertiary/aromatic N) is 2. The Morgan fingerprint density at radius 3 is 2.23 bits per heavy atom. The van der Waals surface area contributed by atoms with Crippen molar-refractivity contribution in [1.82, 2.24) is 9.99 Å². The van der Waals surface area contributed by atoms with Gasteiger partial charge in [0.05, 0.1) is 28.3 Å². The van der Waals surface area contributed by atoms with Gasteiger partial charge in [0.25, 0.3) is 5.91 Å². The molecule has 214 valence electrons. The van der Waals surface area contributed by atoms with Crippen molar-refractivity contribution in [1.29, 1.82) is 0 Å². The Labute approximate surface area is 256 Å². The Bertz CT molecular complexity index is 2000. The number of hydrogen-bond acceptors (Lipinski definition) is 5. The van der Waals surface area contributed by atoms with E-state index in [-0.39, 0.29) is 17.9 Å². The predicted octanol–water partition coefficient (Wildman–Crippen LogP) is 7.20. The first-order valence-corrected chi connectivity index (χ1v) is 14.7. The predicted molar refractivity (Wildman–Crippen MR) is 175 cm³/mol. The fourth-order valence-electron chi connectivity index (χ4n) is 5.24. The molecule has 0 saturated carbocycles. The molecule has 0 atom stereocenters. The Morgan fingerprint density at radius 1 is 0.860 bits per heavy atom. The van der Waals surface area contributed by atoms with Crippen LogP contribution in [-0.2, 0) is 17.9 Å². The Kier molecular flexibility index (Phi) is 8.20. The maximum Gasteiger partial charge on any atom is 0.260 e. The van der Waals surface area contributed by atoms with Crippen LogP contribution in [-0.4, -0.2) is 23.3 Å². The van der Waals surface area contributed by atoms with Gasteiger partial charge in [0.2, 0.25) is 0 Å². The van der Waals surface area contributed by atoms with Crippen LogP contribution in [0.1, 0.15) is 18.1 Å². The van der Waals surface area contributed by atoms with Crippen molar-refractivity contribution in [3.05, 3.63) is 129 Å². The fourth-order valence-corrected chi connectivity index (χ4v) is 5.81. The van der Waals surface area contributed by atoms with Gasteiger partial charge in [-0.3, -0.25) is 9.59 Å². The highest BCUT2D eigenvalue weighted by Gasteiger charge is 2.15. The second-order valence-corrected chi connectivity index (χ2v) is 10.8. The van der Waals surface area contributed by atoms with Gasteiger partial charge in [0.1, 0.15) is 13.2 Å². The van der Waals surface area contributed by atoms with E-state index < -0.39 is 0 Å². The minimum absolute atomic E-state index is 0.00647. The zero-order valence-corrected chi connectivity index (χ0v) is 25.0. The molecule has 5 aromatic carbocycles. The molecule has 0 saturated heterocycles. The number of rotatable bonds is 9. The molecule has 0 unspecified atom stereocenters. The lowest BCUT2D eigenvalue weighted by atomic mass is 10.1. The first-order chi connectivity index (χ1) is 21.0. The summed E-state index contributed by atoms with van der Waals surface area (Å²) in [5, 5.41) is 7.62. The molecule has 0 spiro atoms. The summed E-state index contributed by atoms with van der Waals surface area (Å²) >= 11 is 3.63. The summed E-state index contributed by atoms with van der Waals surface area (Å²) in [6.07, 6.45) is 1.56. The van der Waals surface area contributed by atoms with Crippen molar-refractivity contribution in [2.24, 2.45) is 5.10 Å².